The van der Waals surface area contributed by atoms with E-state index >= 15 is 0 Å². The van der Waals surface area contributed by atoms with Crippen LogP contribution in [0, 0.1) is 0 Å². The molecule has 0 fully saturated rings. The van der Waals surface area contributed by atoms with Crippen LogP contribution in [-0.4, -0.2) is 23.2 Å². The first kappa shape index (κ1) is 30.6. The fraction of sp³-hybridized carbons (Fsp3) is 0.242. The predicted octanol–water partition coefficient (Wildman–Crippen LogP) is 6.47. The third-order valence-electron chi connectivity index (χ3n) is 6.66. The highest BCUT2D eigenvalue weighted by molar-refractivity contribution is 7.07. The Bertz CT molecular complexity index is 1880. The number of nitrogens with zero attached hydrogens (tertiary/aromatic N) is 2. The minimum Gasteiger partial charge on any atom is -0.494 e. The van der Waals surface area contributed by atoms with Crippen LogP contribution in [0.1, 0.15) is 50.4 Å². The molecule has 0 radical (unpaired) electrons. The van der Waals surface area contributed by atoms with Crippen LogP contribution in [0.15, 0.2) is 87.8 Å². The second kappa shape index (κ2) is 13.2. The Morgan fingerprint density at radius 3 is 2.51 bits per heavy atom. The van der Waals surface area contributed by atoms with Crippen molar-refractivity contribution in [3.05, 3.63) is 124 Å². The van der Waals surface area contributed by atoms with Gasteiger partial charge in [-0.25, -0.2) is 9.79 Å². The number of fused-ring (bicyclic) bond motifs is 1. The lowest BCUT2D eigenvalue weighted by atomic mass is 9.96. The van der Waals surface area contributed by atoms with Crippen molar-refractivity contribution in [2.24, 2.45) is 4.99 Å². The number of hydrogen-bond donors (Lipinski definition) is 0. The average molecular weight is 638 g/mol. The van der Waals surface area contributed by atoms with Crippen LogP contribution in [0.2, 0.25) is 10.0 Å². The summed E-state index contributed by atoms with van der Waals surface area (Å²) in [6, 6.07) is 19.4. The number of carbonyl (C=O) groups is 1. The number of aromatic nitrogens is 1. The molecule has 10 heteroatoms. The second-order valence-electron chi connectivity index (χ2n) is 10.1. The number of hydrogen-bond acceptors (Lipinski definition) is 7. The number of allylic oxidation sites excluding steroid dienone is 1. The van der Waals surface area contributed by atoms with Gasteiger partial charge in [-0.3, -0.25) is 9.36 Å². The van der Waals surface area contributed by atoms with Gasteiger partial charge in [-0.05, 0) is 81.3 Å². The third-order valence-corrected chi connectivity index (χ3v) is 8.23. The molecule has 0 saturated carbocycles. The summed E-state index contributed by atoms with van der Waals surface area (Å²) in [7, 11) is 0. The highest BCUT2D eigenvalue weighted by Gasteiger charge is 2.33. The zero-order chi connectivity index (χ0) is 30.7. The summed E-state index contributed by atoms with van der Waals surface area (Å²) in [4.78, 5) is 32.4. The first-order chi connectivity index (χ1) is 20.6. The van der Waals surface area contributed by atoms with Gasteiger partial charge in [0.05, 0.1) is 34.6 Å². The molecule has 0 unspecified atom stereocenters. The van der Waals surface area contributed by atoms with Gasteiger partial charge in [0, 0.05) is 15.6 Å². The van der Waals surface area contributed by atoms with Gasteiger partial charge in [0.1, 0.15) is 18.1 Å². The van der Waals surface area contributed by atoms with Gasteiger partial charge in [0.25, 0.3) is 5.56 Å². The fourth-order valence-electron chi connectivity index (χ4n) is 4.73. The Labute approximate surface area is 263 Å². The zero-order valence-corrected chi connectivity index (χ0v) is 26.4. The molecule has 5 rings (SSSR count). The summed E-state index contributed by atoms with van der Waals surface area (Å²) >= 11 is 13.6. The van der Waals surface area contributed by atoms with Crippen LogP contribution in [0.25, 0.3) is 6.08 Å². The standard InChI is InChI=1S/C33H30Cl2N2O5S/c1-5-40-25-13-10-22(11-14-25)30-29(32(39)42-19(2)3)20(4)36-33-37(30)31(38)28(43-33)16-21-7-6-8-26(15-21)41-18-23-9-12-24(34)17-27(23)35/h6-17,19,30H,5,18H2,1-4H3/b28-16+/t30-/m0/s1. The van der Waals surface area contributed by atoms with Crippen LogP contribution in [0.3, 0.4) is 0 Å². The minimum absolute atomic E-state index is 0.260. The topological polar surface area (TPSA) is 79.1 Å². The molecule has 0 bridgehead atoms. The van der Waals surface area contributed by atoms with E-state index in [2.05, 4.69) is 4.99 Å². The van der Waals surface area contributed by atoms with Crippen molar-refractivity contribution in [3.63, 3.8) is 0 Å². The number of benzene rings is 3. The van der Waals surface area contributed by atoms with Gasteiger partial charge < -0.3 is 14.2 Å². The van der Waals surface area contributed by atoms with Gasteiger partial charge in [-0.1, -0.05) is 64.9 Å². The monoisotopic (exact) mass is 636 g/mol. The molecular weight excluding hydrogens is 607 g/mol. The Balaban J connectivity index is 1.53. The molecule has 0 aliphatic carbocycles. The summed E-state index contributed by atoms with van der Waals surface area (Å²) in [5.74, 6) is 0.815. The molecule has 0 saturated heterocycles. The number of halogens is 2. The zero-order valence-electron chi connectivity index (χ0n) is 24.1. The summed E-state index contributed by atoms with van der Waals surface area (Å²) in [6.45, 7) is 8.05. The maximum absolute atomic E-state index is 14.0. The number of esters is 1. The van der Waals surface area contributed by atoms with Crippen LogP contribution < -0.4 is 24.4 Å². The lowest BCUT2D eigenvalue weighted by Gasteiger charge is -2.25. The summed E-state index contributed by atoms with van der Waals surface area (Å²) in [5, 5.41) is 1.08. The fourth-order valence-corrected chi connectivity index (χ4v) is 6.24. The van der Waals surface area contributed by atoms with Crippen molar-refractivity contribution in [1.82, 2.24) is 4.57 Å². The van der Waals surface area contributed by atoms with Gasteiger partial charge in [-0.15, -0.1) is 0 Å². The smallest absolute Gasteiger partial charge is 0.338 e. The molecule has 0 spiro atoms. The molecule has 0 amide bonds. The SMILES string of the molecule is CCOc1ccc([C@H]2C(C(=O)OC(C)C)=C(C)N=c3s/c(=C/c4cccc(OCc5ccc(Cl)cc5Cl)c4)c(=O)n32)cc1. The number of carbonyl (C=O) groups excluding carboxylic acids is 1. The molecule has 0 N–H and O–H groups in total. The second-order valence-corrected chi connectivity index (χ2v) is 12.0. The quantitative estimate of drug-likeness (QED) is 0.197. The molecule has 2 heterocycles. The minimum atomic E-state index is -0.709. The van der Waals surface area contributed by atoms with Crippen LogP contribution in [0.4, 0.5) is 0 Å². The first-order valence-electron chi connectivity index (χ1n) is 13.8. The maximum atomic E-state index is 14.0. The van der Waals surface area contributed by atoms with Crippen LogP contribution >= 0.6 is 34.5 Å². The van der Waals surface area contributed by atoms with Crippen molar-refractivity contribution in [2.45, 2.75) is 46.4 Å². The average Bonchev–Trinajstić information content (AvgIpc) is 3.26. The van der Waals surface area contributed by atoms with E-state index in [0.717, 1.165) is 16.7 Å². The summed E-state index contributed by atoms with van der Waals surface area (Å²) in [6.07, 6.45) is 1.47. The highest BCUT2D eigenvalue weighted by atomic mass is 35.5. The van der Waals surface area contributed by atoms with Crippen molar-refractivity contribution in [1.29, 1.82) is 0 Å². The van der Waals surface area contributed by atoms with E-state index in [1.807, 2.05) is 61.5 Å². The van der Waals surface area contributed by atoms with Gasteiger partial charge in [0.15, 0.2) is 4.80 Å². The lowest BCUT2D eigenvalue weighted by molar-refractivity contribution is -0.143. The first-order valence-corrected chi connectivity index (χ1v) is 15.3. The van der Waals surface area contributed by atoms with Gasteiger partial charge in [-0.2, -0.15) is 0 Å². The van der Waals surface area contributed by atoms with Gasteiger partial charge in [0.2, 0.25) is 0 Å². The van der Waals surface area contributed by atoms with Crippen molar-refractivity contribution < 1.29 is 19.0 Å². The van der Waals surface area contributed by atoms with E-state index in [0.29, 0.717) is 48.8 Å². The molecule has 222 valence electrons. The van der Waals surface area contributed by atoms with Crippen molar-refractivity contribution >= 4 is 46.6 Å². The van der Waals surface area contributed by atoms with Crippen molar-refractivity contribution in [3.8, 4) is 11.5 Å². The Kier molecular flexibility index (Phi) is 9.40. The lowest BCUT2D eigenvalue weighted by Crippen LogP contribution is -2.40. The molecule has 1 aromatic heterocycles. The number of ether oxygens (including phenoxy) is 3. The molecule has 43 heavy (non-hydrogen) atoms. The Morgan fingerprint density at radius 2 is 1.81 bits per heavy atom. The van der Waals surface area contributed by atoms with E-state index in [9.17, 15) is 9.59 Å². The van der Waals surface area contributed by atoms with E-state index in [1.165, 1.54) is 11.3 Å². The predicted molar refractivity (Wildman–Crippen MR) is 170 cm³/mol. The van der Waals surface area contributed by atoms with Crippen LogP contribution in [-0.2, 0) is 16.1 Å². The Morgan fingerprint density at radius 1 is 1.05 bits per heavy atom. The van der Waals surface area contributed by atoms with E-state index in [1.54, 1.807) is 43.5 Å². The number of rotatable bonds is 9. The normalized spacial score (nSPS) is 14.9. The summed E-state index contributed by atoms with van der Waals surface area (Å²) in [5.41, 5.74) is 2.90. The third kappa shape index (κ3) is 6.88. The molecule has 1 aliphatic heterocycles. The molecule has 4 aromatic rings. The highest BCUT2D eigenvalue weighted by Crippen LogP contribution is 2.32. The molecular formula is C33H30Cl2N2O5S. The summed E-state index contributed by atoms with van der Waals surface area (Å²) < 4.78 is 19.2. The number of thiazole rings is 1. The van der Waals surface area contributed by atoms with Gasteiger partial charge >= 0.3 is 5.97 Å². The molecule has 7 nitrogen and oxygen atoms in total. The van der Waals surface area contributed by atoms with Crippen LogP contribution in [0.5, 0.6) is 11.5 Å². The van der Waals surface area contributed by atoms with Crippen molar-refractivity contribution in [2.75, 3.05) is 6.61 Å². The van der Waals surface area contributed by atoms with E-state index in [-0.39, 0.29) is 18.3 Å². The van der Waals surface area contributed by atoms with E-state index < -0.39 is 12.0 Å². The molecule has 3 aromatic carbocycles. The Hall–Kier alpha value is -3.85. The molecule has 1 aliphatic rings. The molecule has 1 atom stereocenters. The van der Waals surface area contributed by atoms with E-state index in [4.69, 9.17) is 37.4 Å². The largest absolute Gasteiger partial charge is 0.494 e. The maximum Gasteiger partial charge on any atom is 0.338 e.